The van der Waals surface area contributed by atoms with Gasteiger partial charge in [-0.15, -0.1) is 0 Å². The number of nitrogens with one attached hydrogen (secondary N) is 1. The van der Waals surface area contributed by atoms with E-state index in [1.165, 1.54) is 6.33 Å². The highest BCUT2D eigenvalue weighted by molar-refractivity contribution is 5.22. The van der Waals surface area contributed by atoms with Crippen molar-refractivity contribution in [3.05, 3.63) is 83.9 Å². The molecule has 0 bridgehead atoms. The molecule has 1 atom stereocenters. The first-order valence-corrected chi connectivity index (χ1v) is 8.66. The molecule has 1 N–H and O–H groups in total. The molecular formula is C20H22F2N4. The maximum absolute atomic E-state index is 13.3. The van der Waals surface area contributed by atoms with Gasteiger partial charge in [0.15, 0.2) is 0 Å². The molecule has 6 heteroatoms. The third-order valence-corrected chi connectivity index (χ3v) is 4.29. The minimum Gasteiger partial charge on any atom is -0.305 e. The van der Waals surface area contributed by atoms with Gasteiger partial charge in [-0.05, 0) is 29.5 Å². The van der Waals surface area contributed by atoms with Crippen LogP contribution < -0.4 is 5.32 Å². The molecule has 0 fully saturated rings. The maximum Gasteiger partial charge on any atom is 0.253 e. The Kier molecular flexibility index (Phi) is 6.44. The van der Waals surface area contributed by atoms with Crippen LogP contribution in [0.4, 0.5) is 8.78 Å². The molecule has 0 saturated heterocycles. The van der Waals surface area contributed by atoms with Crippen LogP contribution in [0.15, 0.2) is 67.3 Å². The molecule has 1 aromatic heterocycles. The second-order valence-corrected chi connectivity index (χ2v) is 6.26. The van der Waals surface area contributed by atoms with Crippen molar-refractivity contribution >= 4 is 0 Å². The molecule has 1 heterocycles. The van der Waals surface area contributed by atoms with E-state index in [0.717, 1.165) is 16.7 Å². The molecule has 26 heavy (non-hydrogen) atoms. The summed E-state index contributed by atoms with van der Waals surface area (Å²) in [5.41, 5.74) is 3.16. The Morgan fingerprint density at radius 3 is 2.31 bits per heavy atom. The zero-order valence-corrected chi connectivity index (χ0v) is 14.4. The van der Waals surface area contributed by atoms with Crippen molar-refractivity contribution in [2.24, 2.45) is 0 Å². The van der Waals surface area contributed by atoms with Crippen LogP contribution in [-0.4, -0.2) is 27.2 Å². The van der Waals surface area contributed by atoms with Gasteiger partial charge in [0.25, 0.3) is 6.43 Å². The van der Waals surface area contributed by atoms with Crippen LogP contribution in [0, 0.1) is 0 Å². The number of halogens is 2. The van der Waals surface area contributed by atoms with Crippen LogP contribution >= 0.6 is 0 Å². The molecule has 1 unspecified atom stereocenters. The Morgan fingerprint density at radius 1 is 0.923 bits per heavy atom. The first-order chi connectivity index (χ1) is 12.7. The van der Waals surface area contributed by atoms with Gasteiger partial charge in [-0.2, -0.15) is 5.10 Å². The van der Waals surface area contributed by atoms with Gasteiger partial charge in [0.2, 0.25) is 0 Å². The lowest BCUT2D eigenvalue weighted by Gasteiger charge is -2.18. The zero-order valence-electron chi connectivity index (χ0n) is 14.4. The predicted octanol–water partition coefficient (Wildman–Crippen LogP) is 3.68. The normalized spacial score (nSPS) is 12.4. The summed E-state index contributed by atoms with van der Waals surface area (Å²) >= 11 is 0. The molecule has 0 radical (unpaired) electrons. The van der Waals surface area contributed by atoms with E-state index in [2.05, 4.69) is 15.4 Å². The van der Waals surface area contributed by atoms with Crippen molar-refractivity contribution in [3.63, 3.8) is 0 Å². The molecular weight excluding hydrogens is 334 g/mol. The van der Waals surface area contributed by atoms with Gasteiger partial charge in [0.1, 0.15) is 12.7 Å². The van der Waals surface area contributed by atoms with Crippen molar-refractivity contribution < 1.29 is 8.78 Å². The van der Waals surface area contributed by atoms with E-state index in [1.807, 2.05) is 54.6 Å². The van der Waals surface area contributed by atoms with Gasteiger partial charge in [-0.25, -0.2) is 18.4 Å². The van der Waals surface area contributed by atoms with E-state index in [4.69, 9.17) is 0 Å². The van der Waals surface area contributed by atoms with Crippen molar-refractivity contribution in [2.75, 3.05) is 0 Å². The summed E-state index contributed by atoms with van der Waals surface area (Å²) < 4.78 is 28.3. The molecule has 136 valence electrons. The molecule has 3 aromatic rings. The lowest BCUT2D eigenvalue weighted by molar-refractivity contribution is 0.0933. The van der Waals surface area contributed by atoms with Crippen LogP contribution in [0.5, 0.6) is 0 Å². The molecule has 0 aliphatic heterocycles. The summed E-state index contributed by atoms with van der Waals surface area (Å²) in [7, 11) is 0. The van der Waals surface area contributed by atoms with Gasteiger partial charge < -0.3 is 5.32 Å². The summed E-state index contributed by atoms with van der Waals surface area (Å²) in [6, 6.07) is 16.8. The van der Waals surface area contributed by atoms with Gasteiger partial charge in [0, 0.05) is 6.54 Å². The average Bonchev–Trinajstić information content (AvgIpc) is 3.16. The lowest BCUT2D eigenvalue weighted by atomic mass is 10.0. The summed E-state index contributed by atoms with van der Waals surface area (Å²) in [6.07, 6.45) is 1.82. The Morgan fingerprint density at radius 2 is 1.65 bits per heavy atom. The van der Waals surface area contributed by atoms with Crippen molar-refractivity contribution in [1.82, 2.24) is 20.1 Å². The summed E-state index contributed by atoms with van der Waals surface area (Å²) in [5.74, 6) is 0. The fraction of sp³-hybridized carbons (Fsp3) is 0.300. The fourth-order valence-corrected chi connectivity index (χ4v) is 2.80. The topological polar surface area (TPSA) is 42.7 Å². The van der Waals surface area contributed by atoms with Gasteiger partial charge in [0.05, 0.1) is 12.6 Å². The molecule has 0 aliphatic carbocycles. The van der Waals surface area contributed by atoms with Gasteiger partial charge in [-0.3, -0.25) is 0 Å². The first-order valence-electron chi connectivity index (χ1n) is 8.66. The number of nitrogens with zero attached hydrogens (tertiary/aromatic N) is 3. The minimum absolute atomic E-state index is 0.409. The number of aryl methyl sites for hydroxylation is 1. The highest BCUT2D eigenvalue weighted by Gasteiger charge is 2.19. The van der Waals surface area contributed by atoms with Crippen LogP contribution in [0.25, 0.3) is 0 Å². The maximum atomic E-state index is 13.3. The number of hydrogen-bond acceptors (Lipinski definition) is 3. The molecule has 0 amide bonds. The van der Waals surface area contributed by atoms with Crippen LogP contribution in [0.3, 0.4) is 0 Å². The monoisotopic (exact) mass is 356 g/mol. The Balaban J connectivity index is 1.50. The fourth-order valence-electron chi connectivity index (χ4n) is 2.80. The average molecular weight is 356 g/mol. The minimum atomic E-state index is -2.38. The smallest absolute Gasteiger partial charge is 0.253 e. The largest absolute Gasteiger partial charge is 0.305 e. The third kappa shape index (κ3) is 5.46. The molecule has 2 aromatic carbocycles. The third-order valence-electron chi connectivity index (χ3n) is 4.29. The summed E-state index contributed by atoms with van der Waals surface area (Å²) in [6.45, 7) is 1.07. The second-order valence-electron chi connectivity index (χ2n) is 6.26. The van der Waals surface area contributed by atoms with E-state index >= 15 is 0 Å². The highest BCUT2D eigenvalue weighted by Crippen LogP contribution is 2.12. The number of alkyl halides is 2. The molecule has 3 rings (SSSR count). The zero-order chi connectivity index (χ0) is 18.2. The Hall–Kier alpha value is -2.60. The van der Waals surface area contributed by atoms with Crippen molar-refractivity contribution in [3.8, 4) is 0 Å². The molecule has 0 spiro atoms. The van der Waals surface area contributed by atoms with E-state index < -0.39 is 12.5 Å². The lowest BCUT2D eigenvalue weighted by Crippen LogP contribution is -2.35. The van der Waals surface area contributed by atoms with E-state index in [1.54, 1.807) is 11.0 Å². The Bertz CT molecular complexity index is 758. The second kappa shape index (κ2) is 9.20. The number of rotatable bonds is 9. The number of aromatic nitrogens is 3. The van der Waals surface area contributed by atoms with E-state index in [-0.39, 0.29) is 0 Å². The quantitative estimate of drug-likeness (QED) is 0.636. The molecule has 4 nitrogen and oxygen atoms in total. The van der Waals surface area contributed by atoms with Crippen LogP contribution in [0.2, 0.25) is 0 Å². The van der Waals surface area contributed by atoms with Gasteiger partial charge in [-0.1, -0.05) is 54.6 Å². The van der Waals surface area contributed by atoms with Crippen molar-refractivity contribution in [1.29, 1.82) is 0 Å². The van der Waals surface area contributed by atoms with Crippen LogP contribution in [-0.2, 0) is 19.5 Å². The number of benzene rings is 2. The number of hydrogen-bond donors (Lipinski definition) is 1. The molecule has 0 aliphatic rings. The van der Waals surface area contributed by atoms with E-state index in [0.29, 0.717) is 25.9 Å². The predicted molar refractivity (Wildman–Crippen MR) is 97.0 cm³/mol. The first kappa shape index (κ1) is 18.2. The SMILES string of the molecule is FC(F)C(CCc1ccccc1)NCc1ccc(Cn2cncn2)cc1. The van der Waals surface area contributed by atoms with Gasteiger partial charge >= 0.3 is 0 Å². The van der Waals surface area contributed by atoms with Crippen molar-refractivity contribution in [2.45, 2.75) is 38.4 Å². The summed E-state index contributed by atoms with van der Waals surface area (Å²) in [4.78, 5) is 3.91. The Labute approximate surface area is 151 Å². The van der Waals surface area contributed by atoms with E-state index in [9.17, 15) is 8.78 Å². The van der Waals surface area contributed by atoms with Crippen LogP contribution in [0.1, 0.15) is 23.1 Å². The standard InChI is InChI=1S/C20H22F2N4/c21-20(22)19(11-10-16-4-2-1-3-5-16)24-12-17-6-8-18(9-7-17)13-26-15-23-14-25-26/h1-9,14-15,19-20,24H,10-13H2. The summed E-state index contributed by atoms with van der Waals surface area (Å²) in [5, 5.41) is 7.06. The highest BCUT2D eigenvalue weighted by atomic mass is 19.3. The molecule has 0 saturated carbocycles.